The Kier molecular flexibility index (Phi) is 8.35. The monoisotopic (exact) mass is 397 g/mol. The molecule has 0 saturated heterocycles. The summed E-state index contributed by atoms with van der Waals surface area (Å²) in [7, 11) is 0. The second-order valence-corrected chi connectivity index (χ2v) is 7.28. The van der Waals surface area contributed by atoms with Crippen LogP contribution in [-0.4, -0.2) is 30.5 Å². The zero-order valence-electron chi connectivity index (χ0n) is 12.5. The lowest BCUT2D eigenvalue weighted by Crippen LogP contribution is -2.27. The van der Waals surface area contributed by atoms with E-state index >= 15 is 0 Å². The van der Waals surface area contributed by atoms with Gasteiger partial charge in [-0.1, -0.05) is 53.0 Å². The van der Waals surface area contributed by atoms with Crippen molar-refractivity contribution >= 4 is 44.8 Å². The first-order valence-corrected chi connectivity index (χ1v) is 8.52. The number of nitrogens with one attached hydrogen (secondary N) is 1. The van der Waals surface area contributed by atoms with Gasteiger partial charge in [0.25, 0.3) is 0 Å². The summed E-state index contributed by atoms with van der Waals surface area (Å²) in [6.45, 7) is 6.93. The number of ether oxygens (including phenoxy) is 1. The van der Waals surface area contributed by atoms with Crippen molar-refractivity contribution in [3.63, 3.8) is 0 Å². The molecule has 2 N–H and O–H groups in total. The van der Waals surface area contributed by atoms with Crippen LogP contribution in [0.5, 0.6) is 0 Å². The number of hydrogen-bond acceptors (Lipinski definition) is 3. The Bertz CT molecular complexity index is 434. The molecule has 0 amide bonds. The van der Waals surface area contributed by atoms with Gasteiger partial charge in [0.2, 0.25) is 0 Å². The summed E-state index contributed by atoms with van der Waals surface area (Å²) < 4.78 is 6.43. The van der Waals surface area contributed by atoms with E-state index in [9.17, 15) is 5.11 Å². The maximum atomic E-state index is 9.95. The van der Waals surface area contributed by atoms with Crippen molar-refractivity contribution in [2.45, 2.75) is 39.4 Å². The lowest BCUT2D eigenvalue weighted by atomic mass is 10.1. The number of halogens is 3. The lowest BCUT2D eigenvalue weighted by molar-refractivity contribution is -0.00443. The SMILES string of the molecule is CC(C)CC(C)OCC(O)CNc1c(Cl)cc(Br)cc1Cl. The molecule has 0 aromatic heterocycles. The van der Waals surface area contributed by atoms with Crippen LogP contribution < -0.4 is 5.32 Å². The molecule has 0 aliphatic rings. The molecule has 0 spiro atoms. The average molecular weight is 399 g/mol. The number of hydrogen-bond donors (Lipinski definition) is 2. The smallest absolute Gasteiger partial charge is 0.0945 e. The fraction of sp³-hybridized carbons (Fsp3) is 0.600. The molecule has 0 radical (unpaired) electrons. The molecule has 120 valence electrons. The second kappa shape index (κ2) is 9.21. The summed E-state index contributed by atoms with van der Waals surface area (Å²) in [6, 6.07) is 3.51. The summed E-state index contributed by atoms with van der Waals surface area (Å²) in [6.07, 6.45) is 0.500. The minimum absolute atomic E-state index is 0.138. The number of aliphatic hydroxyl groups excluding tert-OH is 1. The summed E-state index contributed by atoms with van der Waals surface area (Å²) in [4.78, 5) is 0. The topological polar surface area (TPSA) is 41.5 Å². The second-order valence-electron chi connectivity index (χ2n) is 5.55. The van der Waals surface area contributed by atoms with Crippen molar-refractivity contribution in [3.8, 4) is 0 Å². The highest BCUT2D eigenvalue weighted by atomic mass is 79.9. The van der Waals surface area contributed by atoms with Crippen LogP contribution in [-0.2, 0) is 4.74 Å². The van der Waals surface area contributed by atoms with E-state index in [0.29, 0.717) is 28.2 Å². The molecule has 0 aliphatic carbocycles. The molecule has 0 heterocycles. The molecule has 1 aromatic rings. The number of rotatable bonds is 8. The Morgan fingerprint density at radius 2 is 1.81 bits per heavy atom. The molecule has 1 aromatic carbocycles. The van der Waals surface area contributed by atoms with Crippen LogP contribution in [0.1, 0.15) is 27.2 Å². The lowest BCUT2D eigenvalue weighted by Gasteiger charge is -2.19. The Morgan fingerprint density at radius 3 is 2.33 bits per heavy atom. The van der Waals surface area contributed by atoms with Gasteiger partial charge in [-0.2, -0.15) is 0 Å². The van der Waals surface area contributed by atoms with E-state index in [1.165, 1.54) is 0 Å². The average Bonchev–Trinajstić information content (AvgIpc) is 2.34. The van der Waals surface area contributed by atoms with Crippen molar-refractivity contribution < 1.29 is 9.84 Å². The van der Waals surface area contributed by atoms with E-state index in [-0.39, 0.29) is 12.7 Å². The standard InChI is InChI=1S/C15H22BrCl2NO2/c1-9(2)4-10(3)21-8-12(20)7-19-15-13(17)5-11(16)6-14(15)18/h5-6,9-10,12,19-20H,4,7-8H2,1-3H3. The maximum absolute atomic E-state index is 9.95. The van der Waals surface area contributed by atoms with Crippen LogP contribution in [0, 0.1) is 5.92 Å². The summed E-state index contributed by atoms with van der Waals surface area (Å²) in [5.74, 6) is 0.579. The van der Waals surface area contributed by atoms with Crippen molar-refractivity contribution in [1.82, 2.24) is 0 Å². The molecule has 0 bridgehead atoms. The summed E-state index contributed by atoms with van der Waals surface area (Å²) >= 11 is 15.5. The molecule has 1 rings (SSSR count). The molecular formula is C15H22BrCl2NO2. The molecule has 2 unspecified atom stereocenters. The third kappa shape index (κ3) is 7.20. The molecular weight excluding hydrogens is 377 g/mol. The predicted octanol–water partition coefficient (Wildman–Crippen LogP) is 4.98. The van der Waals surface area contributed by atoms with Gasteiger partial charge in [-0.15, -0.1) is 0 Å². The molecule has 0 saturated carbocycles. The van der Waals surface area contributed by atoms with E-state index in [1.54, 1.807) is 12.1 Å². The molecule has 3 nitrogen and oxygen atoms in total. The Morgan fingerprint density at radius 1 is 1.24 bits per heavy atom. The van der Waals surface area contributed by atoms with Crippen LogP contribution in [0.3, 0.4) is 0 Å². The van der Waals surface area contributed by atoms with E-state index in [1.807, 2.05) is 6.92 Å². The fourth-order valence-corrected chi connectivity index (χ4v) is 3.34. The van der Waals surface area contributed by atoms with E-state index in [0.717, 1.165) is 10.9 Å². The van der Waals surface area contributed by atoms with Gasteiger partial charge < -0.3 is 15.2 Å². The van der Waals surface area contributed by atoms with Crippen molar-refractivity contribution in [1.29, 1.82) is 0 Å². The highest BCUT2D eigenvalue weighted by Crippen LogP contribution is 2.33. The predicted molar refractivity (Wildman–Crippen MR) is 93.5 cm³/mol. The summed E-state index contributed by atoms with van der Waals surface area (Å²) in [5.41, 5.74) is 0.621. The van der Waals surface area contributed by atoms with Gasteiger partial charge >= 0.3 is 0 Å². The first-order chi connectivity index (χ1) is 9.79. The number of benzene rings is 1. The first kappa shape index (κ1) is 19.0. The van der Waals surface area contributed by atoms with E-state index in [4.69, 9.17) is 27.9 Å². The largest absolute Gasteiger partial charge is 0.389 e. The van der Waals surface area contributed by atoms with Gasteiger partial charge in [0.05, 0.1) is 34.5 Å². The van der Waals surface area contributed by atoms with Crippen LogP contribution in [0.25, 0.3) is 0 Å². The summed E-state index contributed by atoms with van der Waals surface area (Å²) in [5, 5.41) is 14.0. The molecule has 0 aliphatic heterocycles. The van der Waals surface area contributed by atoms with Crippen LogP contribution >= 0.6 is 39.1 Å². The molecule has 0 fully saturated rings. The molecule has 21 heavy (non-hydrogen) atoms. The highest BCUT2D eigenvalue weighted by Gasteiger charge is 2.12. The molecule has 6 heteroatoms. The Balaban J connectivity index is 2.41. The third-order valence-corrected chi connectivity index (χ3v) is 3.95. The zero-order chi connectivity index (χ0) is 16.0. The quantitative estimate of drug-likeness (QED) is 0.648. The van der Waals surface area contributed by atoms with Crippen molar-refractivity contribution in [3.05, 3.63) is 26.7 Å². The fourth-order valence-electron chi connectivity index (χ4n) is 2.00. The van der Waals surface area contributed by atoms with Gasteiger partial charge in [0.1, 0.15) is 0 Å². The van der Waals surface area contributed by atoms with Gasteiger partial charge in [0, 0.05) is 11.0 Å². The van der Waals surface area contributed by atoms with E-state index in [2.05, 4.69) is 35.1 Å². The normalized spacial score (nSPS) is 14.3. The van der Waals surface area contributed by atoms with Crippen molar-refractivity contribution in [2.24, 2.45) is 5.92 Å². The first-order valence-electron chi connectivity index (χ1n) is 6.97. The maximum Gasteiger partial charge on any atom is 0.0945 e. The van der Waals surface area contributed by atoms with Crippen LogP contribution in [0.4, 0.5) is 5.69 Å². The van der Waals surface area contributed by atoms with Crippen molar-refractivity contribution in [2.75, 3.05) is 18.5 Å². The van der Waals surface area contributed by atoms with Gasteiger partial charge in [0.15, 0.2) is 0 Å². The van der Waals surface area contributed by atoms with E-state index < -0.39 is 6.10 Å². The van der Waals surface area contributed by atoms with Crippen LogP contribution in [0.15, 0.2) is 16.6 Å². The van der Waals surface area contributed by atoms with Crippen LogP contribution in [0.2, 0.25) is 10.0 Å². The minimum atomic E-state index is -0.615. The third-order valence-electron chi connectivity index (χ3n) is 2.90. The minimum Gasteiger partial charge on any atom is -0.389 e. The highest BCUT2D eigenvalue weighted by molar-refractivity contribution is 9.10. The zero-order valence-corrected chi connectivity index (χ0v) is 15.6. The van der Waals surface area contributed by atoms with Gasteiger partial charge in [-0.25, -0.2) is 0 Å². The number of aliphatic hydroxyl groups is 1. The Labute approximate surface area is 145 Å². The Hall–Kier alpha value is -0.0000000000000000555. The van der Waals surface area contributed by atoms with Gasteiger partial charge in [-0.05, 0) is 31.4 Å². The molecule has 2 atom stereocenters. The number of anilines is 1. The van der Waals surface area contributed by atoms with Gasteiger partial charge in [-0.3, -0.25) is 0 Å².